The monoisotopic (exact) mass is 433 g/mol. The van der Waals surface area contributed by atoms with Gasteiger partial charge in [0.1, 0.15) is 5.75 Å². The molecule has 0 amide bonds. The molecule has 0 aliphatic carbocycles. The van der Waals surface area contributed by atoms with E-state index in [9.17, 15) is 0 Å². The Balaban J connectivity index is 2.04. The maximum Gasteiger partial charge on any atom is 0.203 e. The first kappa shape index (κ1) is 22.1. The lowest BCUT2D eigenvalue weighted by atomic mass is 9.83. The normalized spacial score (nSPS) is 17.9. The Hall–Kier alpha value is -2.60. The van der Waals surface area contributed by atoms with Crippen LogP contribution in [0, 0.1) is 0 Å². The molecule has 0 aromatic heterocycles. The van der Waals surface area contributed by atoms with E-state index in [2.05, 4.69) is 12.1 Å². The molecular weight excluding hydrogens is 406 g/mol. The third-order valence-corrected chi connectivity index (χ3v) is 5.62. The van der Waals surface area contributed by atoms with Gasteiger partial charge in [-0.15, -0.1) is 0 Å². The van der Waals surface area contributed by atoms with Crippen LogP contribution in [-0.4, -0.2) is 34.2 Å². The van der Waals surface area contributed by atoms with Crippen molar-refractivity contribution in [2.75, 3.05) is 28.4 Å². The molecule has 1 atom stereocenters. The fourth-order valence-corrected chi connectivity index (χ4v) is 3.93. The number of benzene rings is 2. The standard InChI is InChI=1S/C23H28ClNO5/c1-6-7-10-23(15-11-20(27-3)22(29-5)21(12-15)28-4)14-18(25-30-23)17-9-8-16(24)13-19(17)26-2/h8-9,11-13H,6-7,10,14H2,1-5H3. The van der Waals surface area contributed by atoms with Gasteiger partial charge in [0.25, 0.3) is 0 Å². The van der Waals surface area contributed by atoms with Crippen molar-refractivity contribution in [1.82, 2.24) is 0 Å². The summed E-state index contributed by atoms with van der Waals surface area (Å²) in [5.41, 5.74) is 1.97. The van der Waals surface area contributed by atoms with Crippen LogP contribution >= 0.6 is 11.6 Å². The van der Waals surface area contributed by atoms with Crippen molar-refractivity contribution in [2.45, 2.75) is 38.2 Å². The summed E-state index contributed by atoms with van der Waals surface area (Å²) in [4.78, 5) is 6.15. The van der Waals surface area contributed by atoms with Crippen LogP contribution in [0.25, 0.3) is 0 Å². The van der Waals surface area contributed by atoms with Crippen LogP contribution < -0.4 is 18.9 Å². The van der Waals surface area contributed by atoms with Gasteiger partial charge < -0.3 is 23.8 Å². The van der Waals surface area contributed by atoms with Gasteiger partial charge >= 0.3 is 0 Å². The highest BCUT2D eigenvalue weighted by Crippen LogP contribution is 2.47. The van der Waals surface area contributed by atoms with Gasteiger partial charge in [-0.3, -0.25) is 0 Å². The van der Waals surface area contributed by atoms with Crippen LogP contribution in [0.15, 0.2) is 35.5 Å². The summed E-state index contributed by atoms with van der Waals surface area (Å²) in [6.45, 7) is 2.15. The Bertz CT molecular complexity index is 905. The smallest absolute Gasteiger partial charge is 0.203 e. The minimum absolute atomic E-state index is 0.549. The Kier molecular flexibility index (Phi) is 6.98. The van der Waals surface area contributed by atoms with Crippen molar-refractivity contribution in [3.05, 3.63) is 46.5 Å². The number of methoxy groups -OCH3 is 4. The fourth-order valence-electron chi connectivity index (χ4n) is 3.76. The van der Waals surface area contributed by atoms with Crippen molar-refractivity contribution in [2.24, 2.45) is 5.16 Å². The number of rotatable bonds is 9. The number of hydrogen-bond donors (Lipinski definition) is 0. The number of halogens is 1. The van der Waals surface area contributed by atoms with Gasteiger partial charge in [-0.2, -0.15) is 0 Å². The zero-order chi connectivity index (χ0) is 21.7. The molecule has 0 spiro atoms. The molecule has 0 bridgehead atoms. The van der Waals surface area contributed by atoms with E-state index in [1.807, 2.05) is 24.3 Å². The first-order valence-corrected chi connectivity index (χ1v) is 10.3. The SMILES string of the molecule is CCCCC1(c2cc(OC)c(OC)c(OC)c2)CC(c2ccc(Cl)cc2OC)=NO1. The maximum absolute atomic E-state index is 6.15. The third kappa shape index (κ3) is 4.15. The van der Waals surface area contributed by atoms with E-state index in [0.29, 0.717) is 34.4 Å². The van der Waals surface area contributed by atoms with Gasteiger partial charge in [0, 0.05) is 22.6 Å². The lowest BCUT2D eigenvalue weighted by molar-refractivity contribution is -0.0318. The lowest BCUT2D eigenvalue weighted by Gasteiger charge is -2.28. The van der Waals surface area contributed by atoms with Gasteiger partial charge in [-0.1, -0.05) is 30.1 Å². The third-order valence-electron chi connectivity index (χ3n) is 5.38. The number of hydrogen-bond acceptors (Lipinski definition) is 6. The number of ether oxygens (including phenoxy) is 4. The molecule has 7 heteroatoms. The van der Waals surface area contributed by atoms with Crippen LogP contribution in [0.5, 0.6) is 23.0 Å². The molecule has 6 nitrogen and oxygen atoms in total. The molecule has 30 heavy (non-hydrogen) atoms. The van der Waals surface area contributed by atoms with Crippen LogP contribution in [0.4, 0.5) is 0 Å². The van der Waals surface area contributed by atoms with Crippen molar-refractivity contribution in [3.63, 3.8) is 0 Å². The zero-order valence-corrected chi connectivity index (χ0v) is 18.8. The molecule has 0 saturated carbocycles. The summed E-state index contributed by atoms with van der Waals surface area (Å²) in [5, 5.41) is 5.07. The Morgan fingerprint density at radius 1 is 0.967 bits per heavy atom. The highest BCUT2D eigenvalue weighted by atomic mass is 35.5. The molecule has 0 radical (unpaired) electrons. The van der Waals surface area contributed by atoms with Gasteiger partial charge in [0.2, 0.25) is 5.75 Å². The highest BCUT2D eigenvalue weighted by molar-refractivity contribution is 6.31. The van der Waals surface area contributed by atoms with Crippen molar-refractivity contribution < 1.29 is 23.8 Å². The molecule has 1 heterocycles. The van der Waals surface area contributed by atoms with Gasteiger partial charge in [-0.25, -0.2) is 0 Å². The molecule has 1 aliphatic rings. The maximum atomic E-state index is 6.15. The lowest BCUT2D eigenvalue weighted by Crippen LogP contribution is -2.27. The predicted molar refractivity (Wildman–Crippen MR) is 118 cm³/mol. The second-order valence-corrected chi connectivity index (χ2v) is 7.60. The quantitative estimate of drug-likeness (QED) is 0.516. The molecule has 1 unspecified atom stereocenters. The van der Waals surface area contributed by atoms with Gasteiger partial charge in [0.05, 0.1) is 34.2 Å². The molecule has 3 rings (SSSR count). The van der Waals surface area contributed by atoms with Crippen molar-refractivity contribution in [3.8, 4) is 23.0 Å². The topological polar surface area (TPSA) is 58.5 Å². The molecule has 0 fully saturated rings. The molecule has 2 aromatic carbocycles. The molecule has 0 saturated heterocycles. The predicted octanol–water partition coefficient (Wildman–Crippen LogP) is 5.58. The Morgan fingerprint density at radius 2 is 1.63 bits per heavy atom. The van der Waals surface area contributed by atoms with Gasteiger partial charge in [0.15, 0.2) is 17.1 Å². The summed E-state index contributed by atoms with van der Waals surface area (Å²) in [7, 11) is 6.42. The number of oxime groups is 1. The second kappa shape index (κ2) is 9.47. The van der Waals surface area contributed by atoms with E-state index in [1.54, 1.807) is 34.5 Å². The largest absolute Gasteiger partial charge is 0.496 e. The van der Waals surface area contributed by atoms with Crippen LogP contribution in [0.1, 0.15) is 43.7 Å². The molecule has 0 N–H and O–H groups in total. The number of nitrogens with zero attached hydrogens (tertiary/aromatic N) is 1. The zero-order valence-electron chi connectivity index (χ0n) is 18.1. The second-order valence-electron chi connectivity index (χ2n) is 7.16. The van der Waals surface area contributed by atoms with E-state index in [0.717, 1.165) is 36.1 Å². The van der Waals surface area contributed by atoms with E-state index in [1.165, 1.54) is 0 Å². The first-order valence-electron chi connectivity index (χ1n) is 9.91. The number of unbranched alkanes of at least 4 members (excludes halogenated alkanes) is 1. The minimum atomic E-state index is -0.636. The first-order chi connectivity index (χ1) is 14.5. The average molecular weight is 434 g/mol. The fraction of sp³-hybridized carbons (Fsp3) is 0.435. The van der Waals surface area contributed by atoms with Gasteiger partial charge in [-0.05, 0) is 43.2 Å². The summed E-state index contributed by atoms with van der Waals surface area (Å²) in [6.07, 6.45) is 3.40. The van der Waals surface area contributed by atoms with Crippen molar-refractivity contribution >= 4 is 17.3 Å². The Labute approximate surface area is 182 Å². The summed E-state index contributed by atoms with van der Waals surface area (Å²) in [6, 6.07) is 9.40. The van der Waals surface area contributed by atoms with Crippen LogP contribution in [0.3, 0.4) is 0 Å². The summed E-state index contributed by atoms with van der Waals surface area (Å²) < 4.78 is 22.1. The molecular formula is C23H28ClNO5. The van der Waals surface area contributed by atoms with Crippen LogP contribution in [-0.2, 0) is 10.4 Å². The molecule has 2 aromatic rings. The summed E-state index contributed by atoms with van der Waals surface area (Å²) in [5.74, 6) is 2.39. The van der Waals surface area contributed by atoms with E-state index < -0.39 is 5.60 Å². The molecule has 1 aliphatic heterocycles. The van der Waals surface area contributed by atoms with E-state index in [4.69, 9.17) is 35.4 Å². The van der Waals surface area contributed by atoms with Crippen LogP contribution in [0.2, 0.25) is 5.02 Å². The van der Waals surface area contributed by atoms with E-state index in [-0.39, 0.29) is 0 Å². The highest BCUT2D eigenvalue weighted by Gasteiger charge is 2.42. The summed E-state index contributed by atoms with van der Waals surface area (Å²) >= 11 is 6.13. The van der Waals surface area contributed by atoms with E-state index >= 15 is 0 Å². The van der Waals surface area contributed by atoms with Crippen molar-refractivity contribution in [1.29, 1.82) is 0 Å². The molecule has 162 valence electrons. The average Bonchev–Trinajstić information content (AvgIpc) is 3.21. The minimum Gasteiger partial charge on any atom is -0.496 e. The Morgan fingerprint density at radius 3 is 2.20 bits per heavy atom.